The van der Waals surface area contributed by atoms with Gasteiger partial charge in [-0.05, 0) is 12.1 Å². The first kappa shape index (κ1) is 13.1. The molecule has 1 aromatic carbocycles. The molecular weight excluding hydrogens is 251 g/mol. The summed E-state index contributed by atoms with van der Waals surface area (Å²) in [4.78, 5) is 11.0. The van der Waals surface area contributed by atoms with E-state index < -0.39 is 0 Å². The Morgan fingerprint density at radius 1 is 1.50 bits per heavy atom. The first-order valence-electron chi connectivity index (χ1n) is 4.57. The fourth-order valence-electron chi connectivity index (χ4n) is 1.24. The van der Waals surface area contributed by atoms with Crippen molar-refractivity contribution in [2.24, 2.45) is 5.73 Å². The van der Waals surface area contributed by atoms with Crippen LogP contribution in [0.3, 0.4) is 0 Å². The number of hydrogen-bond donors (Lipinski definition) is 2. The van der Waals surface area contributed by atoms with Crippen molar-refractivity contribution in [1.82, 2.24) is 5.32 Å². The number of carbonyl (C=O) groups excluding carboxylic acids is 1. The highest BCUT2D eigenvalue weighted by Gasteiger charge is 2.10. The molecule has 16 heavy (non-hydrogen) atoms. The third-order valence-electron chi connectivity index (χ3n) is 1.95. The van der Waals surface area contributed by atoms with E-state index in [0.29, 0.717) is 21.4 Å². The van der Waals surface area contributed by atoms with E-state index >= 15 is 0 Å². The topological polar surface area (TPSA) is 64.3 Å². The van der Waals surface area contributed by atoms with Gasteiger partial charge in [0.1, 0.15) is 5.75 Å². The summed E-state index contributed by atoms with van der Waals surface area (Å²) in [5.41, 5.74) is 5.88. The van der Waals surface area contributed by atoms with Crippen molar-refractivity contribution in [1.29, 1.82) is 0 Å². The quantitative estimate of drug-likeness (QED) is 0.866. The summed E-state index contributed by atoms with van der Waals surface area (Å²) < 4.78 is 5.12. The Labute approximate surface area is 104 Å². The van der Waals surface area contributed by atoms with Crippen LogP contribution in [0.15, 0.2) is 12.1 Å². The zero-order chi connectivity index (χ0) is 12.1. The summed E-state index contributed by atoms with van der Waals surface area (Å²) in [5, 5.41) is 3.51. The fraction of sp³-hybridized carbons (Fsp3) is 0.300. The predicted octanol–water partition coefficient (Wildman–Crippen LogP) is 1.58. The number of amides is 1. The molecule has 6 heteroatoms. The summed E-state index contributed by atoms with van der Waals surface area (Å²) in [5.74, 6) is 0.251. The standard InChI is InChI=1S/C10H12Cl2N2O2/c1-16-10-6(5-14-9(15)4-13)2-7(11)3-8(10)12/h2-3H,4-5,13H2,1H3,(H,14,15). The van der Waals surface area contributed by atoms with Crippen LogP contribution in [-0.2, 0) is 11.3 Å². The van der Waals surface area contributed by atoms with E-state index in [9.17, 15) is 4.79 Å². The Kier molecular flexibility index (Phi) is 4.86. The third-order valence-corrected chi connectivity index (χ3v) is 2.45. The molecule has 0 heterocycles. The minimum Gasteiger partial charge on any atom is -0.495 e. The van der Waals surface area contributed by atoms with Crippen LogP contribution in [0.5, 0.6) is 5.75 Å². The van der Waals surface area contributed by atoms with E-state index in [0.717, 1.165) is 0 Å². The molecule has 0 radical (unpaired) electrons. The van der Waals surface area contributed by atoms with Gasteiger partial charge in [-0.3, -0.25) is 4.79 Å². The van der Waals surface area contributed by atoms with E-state index in [-0.39, 0.29) is 19.0 Å². The van der Waals surface area contributed by atoms with Gasteiger partial charge in [-0.15, -0.1) is 0 Å². The molecule has 0 saturated heterocycles. The smallest absolute Gasteiger partial charge is 0.234 e. The van der Waals surface area contributed by atoms with E-state index in [1.165, 1.54) is 7.11 Å². The molecule has 0 bridgehead atoms. The molecule has 0 saturated carbocycles. The lowest BCUT2D eigenvalue weighted by molar-refractivity contribution is -0.119. The minimum absolute atomic E-state index is 0.0589. The molecule has 1 rings (SSSR count). The number of carbonyl (C=O) groups is 1. The molecule has 0 aliphatic heterocycles. The molecule has 0 aliphatic rings. The van der Waals surface area contributed by atoms with Crippen LogP contribution in [0.2, 0.25) is 10.0 Å². The number of nitrogens with two attached hydrogens (primary N) is 1. The Balaban J connectivity index is 2.89. The maximum atomic E-state index is 11.0. The highest BCUT2D eigenvalue weighted by Crippen LogP contribution is 2.31. The van der Waals surface area contributed by atoms with E-state index in [2.05, 4.69) is 5.32 Å². The molecule has 0 atom stereocenters. The first-order valence-corrected chi connectivity index (χ1v) is 5.32. The number of ether oxygens (including phenoxy) is 1. The van der Waals surface area contributed by atoms with Crippen molar-refractivity contribution >= 4 is 29.1 Å². The Morgan fingerprint density at radius 2 is 2.19 bits per heavy atom. The molecule has 88 valence electrons. The second kappa shape index (κ2) is 5.94. The van der Waals surface area contributed by atoms with Gasteiger partial charge < -0.3 is 15.8 Å². The maximum absolute atomic E-state index is 11.0. The average molecular weight is 263 g/mol. The number of halogens is 2. The van der Waals surface area contributed by atoms with Crippen molar-refractivity contribution < 1.29 is 9.53 Å². The lowest BCUT2D eigenvalue weighted by Gasteiger charge is -2.11. The largest absolute Gasteiger partial charge is 0.495 e. The van der Waals surface area contributed by atoms with E-state index in [4.69, 9.17) is 33.7 Å². The van der Waals surface area contributed by atoms with Crippen LogP contribution in [0.1, 0.15) is 5.56 Å². The Morgan fingerprint density at radius 3 is 2.75 bits per heavy atom. The Hall–Kier alpha value is -0.970. The molecule has 1 aromatic rings. The van der Waals surface area contributed by atoms with Crippen molar-refractivity contribution in [2.45, 2.75) is 6.54 Å². The average Bonchev–Trinajstić information content (AvgIpc) is 2.25. The molecule has 0 aliphatic carbocycles. The Bertz CT molecular complexity index is 397. The summed E-state index contributed by atoms with van der Waals surface area (Å²) in [7, 11) is 1.50. The number of methoxy groups -OCH3 is 1. The van der Waals surface area contributed by atoms with Gasteiger partial charge >= 0.3 is 0 Å². The molecule has 1 amide bonds. The van der Waals surface area contributed by atoms with Crippen LogP contribution in [0.4, 0.5) is 0 Å². The SMILES string of the molecule is COc1c(Cl)cc(Cl)cc1CNC(=O)CN. The second-order valence-electron chi connectivity index (χ2n) is 3.06. The normalized spacial score (nSPS) is 10.0. The number of rotatable bonds is 4. The number of hydrogen-bond acceptors (Lipinski definition) is 3. The summed E-state index contributed by atoms with van der Waals surface area (Å²) in [6.07, 6.45) is 0. The van der Waals surface area contributed by atoms with Crippen LogP contribution >= 0.6 is 23.2 Å². The van der Waals surface area contributed by atoms with Crippen molar-refractivity contribution in [3.63, 3.8) is 0 Å². The third kappa shape index (κ3) is 3.27. The van der Waals surface area contributed by atoms with Crippen molar-refractivity contribution in [2.75, 3.05) is 13.7 Å². The second-order valence-corrected chi connectivity index (χ2v) is 3.90. The van der Waals surface area contributed by atoms with Gasteiger partial charge in [0.2, 0.25) is 5.91 Å². The van der Waals surface area contributed by atoms with Crippen LogP contribution in [0, 0.1) is 0 Å². The summed E-state index contributed by atoms with van der Waals surface area (Å²) in [6, 6.07) is 3.26. The molecule has 0 fully saturated rings. The highest BCUT2D eigenvalue weighted by atomic mass is 35.5. The van der Waals surface area contributed by atoms with Crippen LogP contribution in [0.25, 0.3) is 0 Å². The lowest BCUT2D eigenvalue weighted by atomic mass is 10.2. The van der Waals surface area contributed by atoms with Gasteiger partial charge in [0, 0.05) is 17.1 Å². The highest BCUT2D eigenvalue weighted by molar-refractivity contribution is 6.35. The van der Waals surface area contributed by atoms with Gasteiger partial charge in [0.05, 0.1) is 18.7 Å². The monoisotopic (exact) mass is 262 g/mol. The van der Waals surface area contributed by atoms with E-state index in [1.807, 2.05) is 0 Å². The van der Waals surface area contributed by atoms with E-state index in [1.54, 1.807) is 12.1 Å². The predicted molar refractivity (Wildman–Crippen MR) is 63.9 cm³/mol. The molecule has 0 unspecified atom stereocenters. The van der Waals surface area contributed by atoms with Gasteiger partial charge in [0.15, 0.2) is 0 Å². The zero-order valence-electron chi connectivity index (χ0n) is 8.72. The van der Waals surface area contributed by atoms with Crippen LogP contribution < -0.4 is 15.8 Å². The zero-order valence-corrected chi connectivity index (χ0v) is 10.2. The van der Waals surface area contributed by atoms with Crippen molar-refractivity contribution in [3.05, 3.63) is 27.7 Å². The molecule has 0 aromatic heterocycles. The van der Waals surface area contributed by atoms with Crippen LogP contribution in [-0.4, -0.2) is 19.6 Å². The minimum atomic E-state index is -0.252. The lowest BCUT2D eigenvalue weighted by Crippen LogP contribution is -2.29. The van der Waals surface area contributed by atoms with Crippen molar-refractivity contribution in [3.8, 4) is 5.75 Å². The number of nitrogens with one attached hydrogen (secondary N) is 1. The van der Waals surface area contributed by atoms with Gasteiger partial charge in [-0.1, -0.05) is 23.2 Å². The first-order chi connectivity index (χ1) is 7.58. The summed E-state index contributed by atoms with van der Waals surface area (Å²) in [6.45, 7) is 0.218. The van der Waals surface area contributed by atoms with Gasteiger partial charge in [0.25, 0.3) is 0 Å². The summed E-state index contributed by atoms with van der Waals surface area (Å²) >= 11 is 11.8. The molecule has 4 nitrogen and oxygen atoms in total. The maximum Gasteiger partial charge on any atom is 0.234 e. The van der Waals surface area contributed by atoms with Gasteiger partial charge in [-0.2, -0.15) is 0 Å². The molecular formula is C10H12Cl2N2O2. The number of benzene rings is 1. The molecule has 3 N–H and O–H groups in total. The molecule has 0 spiro atoms. The fourth-order valence-corrected chi connectivity index (χ4v) is 1.85. The van der Waals surface area contributed by atoms with Gasteiger partial charge in [-0.25, -0.2) is 0 Å².